The molecule has 0 spiro atoms. The summed E-state index contributed by atoms with van der Waals surface area (Å²) in [5.74, 6) is 2.99. The molecule has 5 heteroatoms. The van der Waals surface area contributed by atoms with Gasteiger partial charge < -0.3 is 23.5 Å². The van der Waals surface area contributed by atoms with Crippen molar-refractivity contribution < 1.29 is 18.9 Å². The average molecular weight is 456 g/mol. The first-order valence-corrected chi connectivity index (χ1v) is 11.4. The first-order chi connectivity index (χ1) is 16.6. The van der Waals surface area contributed by atoms with Crippen LogP contribution in [0.15, 0.2) is 66.9 Å². The van der Waals surface area contributed by atoms with Gasteiger partial charge in [0.1, 0.15) is 11.5 Å². The predicted octanol–water partition coefficient (Wildman–Crippen LogP) is 6.00. The second-order valence-corrected chi connectivity index (χ2v) is 8.45. The summed E-state index contributed by atoms with van der Waals surface area (Å²) in [6, 6.07) is 21.1. The summed E-state index contributed by atoms with van der Waals surface area (Å²) >= 11 is 0. The van der Waals surface area contributed by atoms with Gasteiger partial charge in [0, 0.05) is 47.6 Å². The molecule has 34 heavy (non-hydrogen) atoms. The minimum absolute atomic E-state index is 0.646. The Morgan fingerprint density at radius 3 is 2.09 bits per heavy atom. The van der Waals surface area contributed by atoms with Crippen LogP contribution in [0.2, 0.25) is 0 Å². The standard InChI is InChI=1S/C29H29NO4/c1-31-26-15-23-20(13-21(26)12-19-8-6-5-7-9-19)10-11-30-18-22(14-25(23)30)24-16-28(33-3)29(34-4)17-27(24)32-2/h5-9,13-18H,10-12H2,1-4H3. The summed E-state index contributed by atoms with van der Waals surface area (Å²) in [6.07, 6.45) is 4.02. The number of ether oxygens (including phenoxy) is 4. The van der Waals surface area contributed by atoms with Crippen molar-refractivity contribution >= 4 is 0 Å². The molecule has 2 heterocycles. The molecule has 3 aromatic carbocycles. The molecule has 4 aromatic rings. The van der Waals surface area contributed by atoms with E-state index in [4.69, 9.17) is 18.9 Å². The number of rotatable bonds is 7. The summed E-state index contributed by atoms with van der Waals surface area (Å²) in [6.45, 7) is 0.926. The van der Waals surface area contributed by atoms with E-state index >= 15 is 0 Å². The van der Waals surface area contributed by atoms with Crippen molar-refractivity contribution in [2.45, 2.75) is 19.4 Å². The van der Waals surface area contributed by atoms with Gasteiger partial charge in [-0.05, 0) is 41.3 Å². The number of aryl methyl sites for hydroxylation is 2. The molecule has 0 bridgehead atoms. The Balaban J connectivity index is 1.57. The molecule has 1 aromatic heterocycles. The Morgan fingerprint density at radius 2 is 1.38 bits per heavy atom. The normalized spacial score (nSPS) is 12.0. The quantitative estimate of drug-likeness (QED) is 0.343. The van der Waals surface area contributed by atoms with Gasteiger partial charge in [-0.25, -0.2) is 0 Å². The van der Waals surface area contributed by atoms with Crippen molar-refractivity contribution in [3.63, 3.8) is 0 Å². The van der Waals surface area contributed by atoms with E-state index in [-0.39, 0.29) is 0 Å². The van der Waals surface area contributed by atoms with Crippen LogP contribution in [0.25, 0.3) is 22.4 Å². The lowest BCUT2D eigenvalue weighted by Crippen LogP contribution is -2.10. The number of aromatic nitrogens is 1. The highest BCUT2D eigenvalue weighted by Gasteiger charge is 2.22. The average Bonchev–Trinajstić information content (AvgIpc) is 3.32. The minimum atomic E-state index is 0.646. The van der Waals surface area contributed by atoms with Gasteiger partial charge in [-0.3, -0.25) is 0 Å². The Kier molecular flexibility index (Phi) is 5.93. The van der Waals surface area contributed by atoms with Crippen molar-refractivity contribution in [3.05, 3.63) is 83.6 Å². The molecular formula is C29H29NO4. The van der Waals surface area contributed by atoms with E-state index in [9.17, 15) is 0 Å². The summed E-state index contributed by atoms with van der Waals surface area (Å²) in [5.41, 5.74) is 8.28. The van der Waals surface area contributed by atoms with E-state index in [1.54, 1.807) is 28.4 Å². The molecule has 5 rings (SSSR count). The largest absolute Gasteiger partial charge is 0.496 e. The van der Waals surface area contributed by atoms with Gasteiger partial charge in [0.25, 0.3) is 0 Å². The summed E-state index contributed by atoms with van der Waals surface area (Å²) in [5, 5.41) is 0. The third-order valence-corrected chi connectivity index (χ3v) is 6.55. The fraction of sp³-hybridized carbons (Fsp3) is 0.241. The highest BCUT2D eigenvalue weighted by molar-refractivity contribution is 5.80. The van der Waals surface area contributed by atoms with Crippen LogP contribution in [0.5, 0.6) is 23.0 Å². The van der Waals surface area contributed by atoms with Crippen LogP contribution in [0.4, 0.5) is 0 Å². The first-order valence-electron chi connectivity index (χ1n) is 11.4. The van der Waals surface area contributed by atoms with E-state index in [0.717, 1.165) is 42.0 Å². The van der Waals surface area contributed by atoms with Crippen LogP contribution in [0.3, 0.4) is 0 Å². The molecule has 0 saturated carbocycles. The zero-order chi connectivity index (χ0) is 23.7. The smallest absolute Gasteiger partial charge is 0.164 e. The lowest BCUT2D eigenvalue weighted by molar-refractivity contribution is 0.349. The van der Waals surface area contributed by atoms with Crippen LogP contribution in [0, 0.1) is 0 Å². The molecular weight excluding hydrogens is 426 g/mol. The van der Waals surface area contributed by atoms with E-state index in [1.807, 2.05) is 18.2 Å². The van der Waals surface area contributed by atoms with Crippen molar-refractivity contribution in [2.75, 3.05) is 28.4 Å². The third-order valence-electron chi connectivity index (χ3n) is 6.55. The van der Waals surface area contributed by atoms with E-state index in [2.05, 4.69) is 53.2 Å². The SMILES string of the molecule is COc1cc2c(cc1Cc1ccccc1)CCn1cc(-c3cc(OC)c(OC)cc3OC)cc1-2. The molecule has 0 fully saturated rings. The van der Waals surface area contributed by atoms with Crippen molar-refractivity contribution in [3.8, 4) is 45.4 Å². The van der Waals surface area contributed by atoms with Gasteiger partial charge in [-0.2, -0.15) is 0 Å². The molecule has 5 nitrogen and oxygen atoms in total. The van der Waals surface area contributed by atoms with E-state index in [1.165, 1.54) is 27.9 Å². The Labute approximate surface area is 200 Å². The second kappa shape index (κ2) is 9.18. The molecule has 0 saturated heterocycles. The highest BCUT2D eigenvalue weighted by Crippen LogP contribution is 2.43. The highest BCUT2D eigenvalue weighted by atomic mass is 16.5. The maximum absolute atomic E-state index is 5.82. The zero-order valence-corrected chi connectivity index (χ0v) is 20.1. The van der Waals surface area contributed by atoms with Crippen molar-refractivity contribution in [1.82, 2.24) is 4.57 Å². The van der Waals surface area contributed by atoms with Gasteiger partial charge in [0.15, 0.2) is 11.5 Å². The maximum Gasteiger partial charge on any atom is 0.164 e. The van der Waals surface area contributed by atoms with Crippen LogP contribution in [0.1, 0.15) is 16.7 Å². The number of hydrogen-bond donors (Lipinski definition) is 0. The Hall–Kier alpha value is -3.86. The molecule has 0 aliphatic carbocycles. The molecule has 0 N–H and O–H groups in total. The molecule has 174 valence electrons. The molecule has 0 amide bonds. The lowest BCUT2D eigenvalue weighted by Gasteiger charge is -2.22. The number of methoxy groups -OCH3 is 4. The Morgan fingerprint density at radius 1 is 0.706 bits per heavy atom. The summed E-state index contributed by atoms with van der Waals surface area (Å²) in [4.78, 5) is 0. The lowest BCUT2D eigenvalue weighted by atomic mass is 9.93. The third kappa shape index (κ3) is 3.87. The molecule has 0 unspecified atom stereocenters. The van der Waals surface area contributed by atoms with Crippen LogP contribution in [-0.4, -0.2) is 33.0 Å². The molecule has 1 aliphatic rings. The van der Waals surface area contributed by atoms with Crippen molar-refractivity contribution in [1.29, 1.82) is 0 Å². The summed E-state index contributed by atoms with van der Waals surface area (Å²) in [7, 11) is 6.70. The van der Waals surface area contributed by atoms with Gasteiger partial charge in [0.2, 0.25) is 0 Å². The number of fused-ring (bicyclic) bond motifs is 3. The number of hydrogen-bond acceptors (Lipinski definition) is 4. The second-order valence-electron chi connectivity index (χ2n) is 8.45. The number of benzene rings is 3. The molecule has 0 atom stereocenters. The summed E-state index contributed by atoms with van der Waals surface area (Å²) < 4.78 is 24.8. The van der Waals surface area contributed by atoms with E-state index < -0.39 is 0 Å². The topological polar surface area (TPSA) is 41.9 Å². The molecule has 0 radical (unpaired) electrons. The van der Waals surface area contributed by atoms with Crippen LogP contribution >= 0.6 is 0 Å². The van der Waals surface area contributed by atoms with Crippen molar-refractivity contribution in [2.24, 2.45) is 0 Å². The van der Waals surface area contributed by atoms with Gasteiger partial charge in [-0.1, -0.05) is 36.4 Å². The van der Waals surface area contributed by atoms with Gasteiger partial charge in [0.05, 0.1) is 28.4 Å². The fourth-order valence-corrected chi connectivity index (χ4v) is 4.83. The van der Waals surface area contributed by atoms with Crippen LogP contribution in [-0.2, 0) is 19.4 Å². The predicted molar refractivity (Wildman–Crippen MR) is 134 cm³/mol. The molecule has 1 aliphatic heterocycles. The van der Waals surface area contributed by atoms with Crippen LogP contribution < -0.4 is 18.9 Å². The zero-order valence-electron chi connectivity index (χ0n) is 20.1. The monoisotopic (exact) mass is 455 g/mol. The minimum Gasteiger partial charge on any atom is -0.496 e. The van der Waals surface area contributed by atoms with Gasteiger partial charge in [-0.15, -0.1) is 0 Å². The fourth-order valence-electron chi connectivity index (χ4n) is 4.83. The first kappa shape index (κ1) is 22.0. The van der Waals surface area contributed by atoms with Gasteiger partial charge >= 0.3 is 0 Å². The number of nitrogens with zero attached hydrogens (tertiary/aromatic N) is 1. The Bertz CT molecular complexity index is 1320. The maximum atomic E-state index is 5.82. The van der Waals surface area contributed by atoms with E-state index in [0.29, 0.717) is 11.5 Å².